The van der Waals surface area contributed by atoms with E-state index < -0.39 is 43.7 Å². The Hall–Kier alpha value is -2.18. The summed E-state index contributed by atoms with van der Waals surface area (Å²) in [5.41, 5.74) is 4.26. The first-order valence-corrected chi connectivity index (χ1v) is 13.4. The molecular formula is C21H32FN6O6P. The first-order valence-electron chi connectivity index (χ1n) is 11.8. The van der Waals surface area contributed by atoms with Crippen molar-refractivity contribution in [1.29, 1.82) is 0 Å². The van der Waals surface area contributed by atoms with Crippen LogP contribution < -0.4 is 10.8 Å². The lowest BCUT2D eigenvalue weighted by Crippen LogP contribution is -2.47. The Balaban J connectivity index is 1.39. The Morgan fingerprint density at radius 2 is 2.17 bits per heavy atom. The number of fused-ring (bicyclic) bond motifs is 2. The van der Waals surface area contributed by atoms with Gasteiger partial charge in [-0.25, -0.2) is 28.5 Å². The van der Waals surface area contributed by atoms with Crippen LogP contribution in [-0.2, 0) is 27.9 Å². The van der Waals surface area contributed by atoms with Gasteiger partial charge in [-0.3, -0.25) is 13.8 Å². The molecule has 4 rings (SSSR count). The molecule has 2 saturated heterocycles. The third kappa shape index (κ3) is 5.34. The number of halogens is 1. The van der Waals surface area contributed by atoms with Crippen LogP contribution in [0.3, 0.4) is 0 Å². The summed E-state index contributed by atoms with van der Waals surface area (Å²) in [5, 5.41) is 6.64. The highest BCUT2D eigenvalue weighted by atomic mass is 31.2. The quantitative estimate of drug-likeness (QED) is 0.273. The summed E-state index contributed by atoms with van der Waals surface area (Å²) in [7, 11) is -4.03. The van der Waals surface area contributed by atoms with Crippen LogP contribution in [-0.4, -0.2) is 62.7 Å². The van der Waals surface area contributed by atoms with Crippen LogP contribution in [0.15, 0.2) is 12.5 Å². The van der Waals surface area contributed by atoms with Crippen molar-refractivity contribution in [3.05, 3.63) is 18.2 Å². The van der Waals surface area contributed by atoms with Gasteiger partial charge in [0.15, 0.2) is 17.1 Å². The highest BCUT2D eigenvalue weighted by Crippen LogP contribution is 2.57. The van der Waals surface area contributed by atoms with Gasteiger partial charge in [0.25, 0.3) is 0 Å². The standard InChI is InChI=1S/C21H32FN6O6P/c1-4-5-6-7-8-9-31-20(29)13(2)27-35(30)32-11-15-17(34-35)21(3,22)16(33-15)14-10-24-19-18(23)25-12-26-28(14)19/h10,12-13,15-17H,4-9,11H2,1-3H3,(H,27,30)(H2,23,25,26). The van der Waals surface area contributed by atoms with Crippen LogP contribution in [0.25, 0.3) is 5.65 Å². The molecule has 0 spiro atoms. The molecule has 6 unspecified atom stereocenters. The average Bonchev–Trinajstić information content (AvgIpc) is 3.35. The van der Waals surface area contributed by atoms with Gasteiger partial charge in [-0.15, -0.1) is 0 Å². The minimum Gasteiger partial charge on any atom is -0.465 e. The first kappa shape index (κ1) is 25.9. The van der Waals surface area contributed by atoms with Crippen LogP contribution in [0, 0.1) is 0 Å². The van der Waals surface area contributed by atoms with Crippen molar-refractivity contribution in [2.24, 2.45) is 0 Å². The van der Waals surface area contributed by atoms with E-state index >= 15 is 4.39 Å². The number of unbranched alkanes of at least 4 members (excludes halogenated alkanes) is 4. The largest absolute Gasteiger partial charge is 0.465 e. The topological polar surface area (TPSA) is 152 Å². The van der Waals surface area contributed by atoms with Crippen molar-refractivity contribution in [1.82, 2.24) is 24.7 Å². The Morgan fingerprint density at radius 3 is 2.94 bits per heavy atom. The second-order valence-electron chi connectivity index (χ2n) is 9.02. The fourth-order valence-corrected chi connectivity index (χ4v) is 6.05. The number of esters is 1. The molecule has 6 atom stereocenters. The molecular weight excluding hydrogens is 482 g/mol. The van der Waals surface area contributed by atoms with E-state index in [0.717, 1.165) is 32.1 Å². The van der Waals surface area contributed by atoms with E-state index in [2.05, 4.69) is 27.1 Å². The van der Waals surface area contributed by atoms with E-state index in [1.54, 1.807) is 0 Å². The number of hydrogen-bond donors (Lipinski definition) is 2. The second kappa shape index (κ2) is 10.4. The number of nitrogens with zero attached hydrogens (tertiary/aromatic N) is 4. The Morgan fingerprint density at radius 1 is 1.40 bits per heavy atom. The fraction of sp³-hybridized carbons (Fsp3) is 0.714. The van der Waals surface area contributed by atoms with Crippen molar-refractivity contribution in [3.8, 4) is 0 Å². The van der Waals surface area contributed by atoms with E-state index in [0.29, 0.717) is 5.69 Å². The Kier molecular flexibility index (Phi) is 7.72. The van der Waals surface area contributed by atoms with Crippen LogP contribution >= 0.6 is 7.75 Å². The van der Waals surface area contributed by atoms with Crippen LogP contribution in [0.1, 0.15) is 64.7 Å². The zero-order valence-corrected chi connectivity index (χ0v) is 20.9. The number of nitrogen functional groups attached to an aromatic ring is 1. The summed E-state index contributed by atoms with van der Waals surface area (Å²) in [4.78, 5) is 20.3. The van der Waals surface area contributed by atoms with Crippen molar-refractivity contribution in [3.63, 3.8) is 0 Å². The number of rotatable bonds is 10. The van der Waals surface area contributed by atoms with Gasteiger partial charge >= 0.3 is 13.7 Å². The lowest BCUT2D eigenvalue weighted by atomic mass is 9.93. The lowest BCUT2D eigenvalue weighted by molar-refractivity contribution is -0.145. The molecule has 3 N–H and O–H groups in total. The van der Waals surface area contributed by atoms with Crippen LogP contribution in [0.5, 0.6) is 0 Å². The molecule has 2 aromatic heterocycles. The van der Waals surface area contributed by atoms with E-state index in [4.69, 9.17) is 24.3 Å². The molecule has 12 nitrogen and oxygen atoms in total. The van der Waals surface area contributed by atoms with Crippen LogP contribution in [0.2, 0.25) is 0 Å². The maximum absolute atomic E-state index is 16.1. The number of aromatic nitrogens is 4. The van der Waals surface area contributed by atoms with Crippen molar-refractivity contribution in [2.45, 2.75) is 82.9 Å². The minimum atomic E-state index is -4.03. The molecule has 194 valence electrons. The smallest absolute Gasteiger partial charge is 0.406 e. The van der Waals surface area contributed by atoms with Gasteiger partial charge in [-0.2, -0.15) is 5.10 Å². The van der Waals surface area contributed by atoms with Crippen molar-refractivity contribution < 1.29 is 32.3 Å². The fourth-order valence-electron chi connectivity index (χ4n) is 4.29. The van der Waals surface area contributed by atoms with Crippen molar-refractivity contribution >= 4 is 25.2 Å². The molecule has 0 amide bonds. The number of carbonyl (C=O) groups excluding carboxylic acids is 1. The van der Waals surface area contributed by atoms with Gasteiger partial charge in [0.2, 0.25) is 0 Å². The molecule has 2 aliphatic rings. The highest BCUT2D eigenvalue weighted by molar-refractivity contribution is 7.51. The maximum Gasteiger partial charge on any atom is 0.406 e. The molecule has 35 heavy (non-hydrogen) atoms. The molecule has 4 heterocycles. The number of alkyl halides is 1. The van der Waals surface area contributed by atoms with Crippen LogP contribution in [0.4, 0.5) is 10.2 Å². The molecule has 0 bridgehead atoms. The lowest BCUT2D eigenvalue weighted by Gasteiger charge is -2.35. The van der Waals surface area contributed by atoms with E-state index in [1.165, 1.54) is 30.9 Å². The SMILES string of the molecule is CCCCCCCOC(=O)C(C)NP1(=O)OCC2OC(c3cnc4c(N)ncnn34)C(C)(F)C2O1. The summed E-state index contributed by atoms with van der Waals surface area (Å²) in [6.07, 6.45) is 4.50. The number of nitrogens with one attached hydrogen (secondary N) is 1. The summed E-state index contributed by atoms with van der Waals surface area (Å²) < 4.78 is 52.8. The minimum absolute atomic E-state index is 0.136. The summed E-state index contributed by atoms with van der Waals surface area (Å²) in [6.45, 7) is 4.98. The molecule has 0 radical (unpaired) electrons. The molecule has 2 aliphatic heterocycles. The van der Waals surface area contributed by atoms with Gasteiger partial charge in [-0.1, -0.05) is 32.6 Å². The molecule has 2 fully saturated rings. The molecule has 0 aromatic carbocycles. The summed E-state index contributed by atoms with van der Waals surface area (Å²) >= 11 is 0. The number of ether oxygens (including phenoxy) is 2. The zero-order chi connectivity index (χ0) is 25.2. The maximum atomic E-state index is 16.1. The number of nitrogens with two attached hydrogens (primary N) is 1. The van der Waals surface area contributed by atoms with Crippen molar-refractivity contribution in [2.75, 3.05) is 18.9 Å². The summed E-state index contributed by atoms with van der Waals surface area (Å²) in [6, 6.07) is -0.976. The molecule has 0 aliphatic carbocycles. The third-order valence-electron chi connectivity index (χ3n) is 6.20. The Bertz CT molecular complexity index is 1100. The first-order chi connectivity index (χ1) is 16.7. The third-order valence-corrected chi connectivity index (χ3v) is 7.90. The molecule has 14 heteroatoms. The highest BCUT2D eigenvalue weighted by Gasteiger charge is 2.61. The number of hydrogen-bond acceptors (Lipinski definition) is 10. The second-order valence-corrected chi connectivity index (χ2v) is 10.7. The molecule has 0 saturated carbocycles. The Labute approximate surface area is 202 Å². The van der Waals surface area contributed by atoms with Gasteiger partial charge in [0, 0.05) is 0 Å². The van der Waals surface area contributed by atoms with E-state index in [1.807, 2.05) is 0 Å². The molecule has 2 aromatic rings. The number of carbonyl (C=O) groups is 1. The zero-order valence-electron chi connectivity index (χ0n) is 20.1. The monoisotopic (exact) mass is 514 g/mol. The predicted octanol–water partition coefficient (Wildman–Crippen LogP) is 2.89. The number of imidazole rings is 1. The van der Waals surface area contributed by atoms with Gasteiger partial charge in [0.1, 0.15) is 30.7 Å². The predicted molar refractivity (Wildman–Crippen MR) is 123 cm³/mol. The van der Waals surface area contributed by atoms with E-state index in [9.17, 15) is 9.36 Å². The number of anilines is 1. The normalized spacial score (nSPS) is 31.4. The average molecular weight is 514 g/mol. The van der Waals surface area contributed by atoms with Gasteiger partial charge in [-0.05, 0) is 20.3 Å². The summed E-state index contributed by atoms with van der Waals surface area (Å²) in [5.74, 6) is -0.450. The van der Waals surface area contributed by atoms with Gasteiger partial charge in [0.05, 0.1) is 25.1 Å². The van der Waals surface area contributed by atoms with E-state index in [-0.39, 0.29) is 24.7 Å². The van der Waals surface area contributed by atoms with Gasteiger partial charge < -0.3 is 15.2 Å².